The zero-order valence-electron chi connectivity index (χ0n) is 4.64. The van der Waals surface area contributed by atoms with Crippen molar-refractivity contribution in [3.63, 3.8) is 0 Å². The molecule has 0 unspecified atom stereocenters. The van der Waals surface area contributed by atoms with Gasteiger partial charge in [0.25, 0.3) is 0 Å². The molecule has 0 bridgehead atoms. The summed E-state index contributed by atoms with van der Waals surface area (Å²) in [4.78, 5) is 11.4. The van der Waals surface area contributed by atoms with Crippen molar-refractivity contribution in [3.8, 4) is 0 Å². The quantitative estimate of drug-likeness (QED) is 0.452. The van der Waals surface area contributed by atoms with Crippen molar-refractivity contribution in [1.29, 1.82) is 0 Å². The van der Waals surface area contributed by atoms with Gasteiger partial charge in [0, 0.05) is 12.6 Å². The highest BCUT2D eigenvalue weighted by molar-refractivity contribution is 5.45. The van der Waals surface area contributed by atoms with Gasteiger partial charge in [0.05, 0.1) is 0 Å². The molecule has 0 fully saturated rings. The molecule has 0 rings (SSSR count). The maximum Gasteiger partial charge on any atom is 0.121 e. The topological polar surface area (TPSA) is 20.3 Å². The maximum atomic E-state index is 9.50. The van der Waals surface area contributed by atoms with Crippen LogP contribution < -0.4 is 0 Å². The number of hydrogen-bond donors (Lipinski definition) is 0. The van der Waals surface area contributed by atoms with Gasteiger partial charge in [0.15, 0.2) is 0 Å². The van der Waals surface area contributed by atoms with Gasteiger partial charge in [0.1, 0.15) is 5.94 Å². The summed E-state index contributed by atoms with van der Waals surface area (Å²) in [5.41, 5.74) is 0. The molecule has 0 atom stereocenters. The molecule has 0 heterocycles. The zero-order valence-corrected chi connectivity index (χ0v) is 4.64. The molecule has 0 spiro atoms. The molecule has 0 amide bonds. The zero-order chi connectivity index (χ0) is 5.70. The van der Waals surface area contributed by atoms with Crippen LogP contribution in [0.2, 0.25) is 0 Å². The van der Waals surface area contributed by atoms with Crippen LogP contribution in [0.25, 0.3) is 0 Å². The van der Waals surface area contributed by atoms with Gasteiger partial charge in [0.2, 0.25) is 0 Å². The van der Waals surface area contributed by atoms with Crippen LogP contribution in [0.15, 0.2) is 6.08 Å². The predicted octanol–water partition coefficient (Wildman–Crippen LogP) is -0.0642. The summed E-state index contributed by atoms with van der Waals surface area (Å²) in [6, 6.07) is 0. The summed E-state index contributed by atoms with van der Waals surface area (Å²) in [5, 5.41) is 0. The van der Waals surface area contributed by atoms with Gasteiger partial charge < -0.3 is 4.90 Å². The highest BCUT2D eigenvalue weighted by Gasteiger charge is 1.78. The maximum absolute atomic E-state index is 9.50. The van der Waals surface area contributed by atoms with Gasteiger partial charge in [-0.3, -0.25) is 0 Å². The third kappa shape index (κ3) is 5.41. The smallest absolute Gasteiger partial charge is 0.121 e. The standard InChI is InChI=1S/C5H9NO/c1-6(2)4-3-5-7/h3H,4H2,1-2H3. The van der Waals surface area contributed by atoms with Gasteiger partial charge in [-0.15, -0.1) is 0 Å². The first-order valence-corrected chi connectivity index (χ1v) is 2.11. The molecular weight excluding hydrogens is 90.1 g/mol. The van der Waals surface area contributed by atoms with E-state index in [2.05, 4.69) is 0 Å². The van der Waals surface area contributed by atoms with E-state index >= 15 is 0 Å². The largest absolute Gasteiger partial charge is 0.305 e. The van der Waals surface area contributed by atoms with Gasteiger partial charge in [-0.25, -0.2) is 4.79 Å². The van der Waals surface area contributed by atoms with Crippen LogP contribution in [-0.2, 0) is 4.79 Å². The molecule has 0 aliphatic carbocycles. The van der Waals surface area contributed by atoms with Crippen LogP contribution >= 0.6 is 0 Å². The molecule has 2 heteroatoms. The fraction of sp³-hybridized carbons (Fsp3) is 0.600. The lowest BCUT2D eigenvalue weighted by molar-refractivity contribution is 0.456. The summed E-state index contributed by atoms with van der Waals surface area (Å²) in [5.74, 6) is 1.68. The van der Waals surface area contributed by atoms with Crippen molar-refractivity contribution in [2.75, 3.05) is 20.6 Å². The Morgan fingerprint density at radius 1 is 1.71 bits per heavy atom. The minimum Gasteiger partial charge on any atom is -0.305 e. The van der Waals surface area contributed by atoms with E-state index in [0.717, 1.165) is 0 Å². The molecular formula is C5H9NO. The summed E-state index contributed by atoms with van der Waals surface area (Å²) in [6.07, 6.45) is 1.44. The first kappa shape index (κ1) is 6.41. The number of rotatable bonds is 2. The molecule has 0 N–H and O–H groups in total. The van der Waals surface area contributed by atoms with Crippen molar-refractivity contribution in [1.82, 2.24) is 4.90 Å². The Kier molecular flexibility index (Phi) is 3.29. The van der Waals surface area contributed by atoms with E-state index in [1.165, 1.54) is 6.08 Å². The Labute approximate surface area is 43.4 Å². The third-order valence-electron chi connectivity index (χ3n) is 0.540. The Morgan fingerprint density at radius 2 is 2.29 bits per heavy atom. The number of nitrogens with zero attached hydrogens (tertiary/aromatic N) is 1. The van der Waals surface area contributed by atoms with Crippen LogP contribution in [0.1, 0.15) is 0 Å². The molecule has 0 aliphatic rings. The summed E-state index contributed by atoms with van der Waals surface area (Å²) < 4.78 is 0. The molecule has 2 nitrogen and oxygen atoms in total. The third-order valence-corrected chi connectivity index (χ3v) is 0.540. The Bertz CT molecular complexity index is 82.1. The van der Waals surface area contributed by atoms with Crippen molar-refractivity contribution >= 4 is 5.94 Å². The van der Waals surface area contributed by atoms with E-state index in [1.807, 2.05) is 19.0 Å². The van der Waals surface area contributed by atoms with E-state index in [-0.39, 0.29) is 0 Å². The number of carbonyl (C=O) groups excluding carboxylic acids is 1. The first-order valence-electron chi connectivity index (χ1n) is 2.11. The van der Waals surface area contributed by atoms with Crippen LogP contribution in [-0.4, -0.2) is 31.5 Å². The first-order chi connectivity index (χ1) is 3.27. The number of hydrogen-bond acceptors (Lipinski definition) is 2. The summed E-state index contributed by atoms with van der Waals surface area (Å²) >= 11 is 0. The van der Waals surface area contributed by atoms with Crippen LogP contribution in [0, 0.1) is 0 Å². The fourth-order valence-electron chi connectivity index (χ4n) is 0.220. The minimum absolute atomic E-state index is 0.684. The lowest BCUT2D eigenvalue weighted by atomic mass is 10.6. The van der Waals surface area contributed by atoms with Gasteiger partial charge in [-0.2, -0.15) is 0 Å². The average molecular weight is 99.1 g/mol. The van der Waals surface area contributed by atoms with Crippen molar-refractivity contribution in [3.05, 3.63) is 6.08 Å². The van der Waals surface area contributed by atoms with Crippen LogP contribution in [0.4, 0.5) is 0 Å². The fourth-order valence-corrected chi connectivity index (χ4v) is 0.220. The highest BCUT2D eigenvalue weighted by atomic mass is 16.1. The SMILES string of the molecule is CN(C)CC=C=O. The lowest BCUT2D eigenvalue weighted by Gasteiger charge is -2.00. The monoisotopic (exact) mass is 99.1 g/mol. The molecule has 0 saturated heterocycles. The van der Waals surface area contributed by atoms with Crippen molar-refractivity contribution in [2.24, 2.45) is 0 Å². The molecule has 0 saturated carbocycles. The Morgan fingerprint density at radius 3 is 2.43 bits per heavy atom. The minimum atomic E-state index is 0.684. The van der Waals surface area contributed by atoms with E-state index in [9.17, 15) is 4.79 Å². The normalized spacial score (nSPS) is 8.43. The molecule has 0 aromatic heterocycles. The molecule has 0 radical (unpaired) electrons. The summed E-state index contributed by atoms with van der Waals surface area (Å²) in [7, 11) is 3.79. The molecule has 0 aliphatic heterocycles. The second-order valence-electron chi connectivity index (χ2n) is 1.58. The Balaban J connectivity index is 3.13. The van der Waals surface area contributed by atoms with Gasteiger partial charge in [-0.05, 0) is 14.1 Å². The molecule has 0 aromatic carbocycles. The predicted molar refractivity (Wildman–Crippen MR) is 28.8 cm³/mol. The van der Waals surface area contributed by atoms with E-state index in [4.69, 9.17) is 0 Å². The van der Waals surface area contributed by atoms with E-state index in [0.29, 0.717) is 6.54 Å². The highest BCUT2D eigenvalue weighted by Crippen LogP contribution is 1.68. The summed E-state index contributed by atoms with van der Waals surface area (Å²) in [6.45, 7) is 0.684. The second kappa shape index (κ2) is 3.59. The molecule has 40 valence electrons. The Hall–Kier alpha value is -0.590. The van der Waals surface area contributed by atoms with Crippen molar-refractivity contribution in [2.45, 2.75) is 0 Å². The molecule has 0 aromatic rings. The van der Waals surface area contributed by atoms with Crippen LogP contribution in [0.3, 0.4) is 0 Å². The van der Waals surface area contributed by atoms with E-state index in [1.54, 1.807) is 5.94 Å². The van der Waals surface area contributed by atoms with E-state index < -0.39 is 0 Å². The van der Waals surface area contributed by atoms with Crippen molar-refractivity contribution < 1.29 is 4.79 Å². The van der Waals surface area contributed by atoms with Gasteiger partial charge in [-0.1, -0.05) is 0 Å². The number of likely N-dealkylation sites (N-methyl/N-ethyl adjacent to an activating group) is 1. The lowest BCUT2D eigenvalue weighted by Crippen LogP contribution is -2.10. The average Bonchev–Trinajstić information content (AvgIpc) is 1.61. The van der Waals surface area contributed by atoms with Crippen LogP contribution in [0.5, 0.6) is 0 Å². The van der Waals surface area contributed by atoms with Gasteiger partial charge >= 0.3 is 0 Å². The molecule has 7 heavy (non-hydrogen) atoms. The second-order valence-corrected chi connectivity index (χ2v) is 1.58.